The van der Waals surface area contributed by atoms with E-state index in [1.807, 2.05) is 0 Å². The van der Waals surface area contributed by atoms with Crippen LogP contribution in [0.2, 0.25) is 0 Å². The summed E-state index contributed by atoms with van der Waals surface area (Å²) < 4.78 is 61.3. The minimum absolute atomic E-state index is 0.152. The van der Waals surface area contributed by atoms with Crippen molar-refractivity contribution in [2.45, 2.75) is 4.90 Å². The number of sulfonamides is 1. The Bertz CT molecular complexity index is 1110. The summed E-state index contributed by atoms with van der Waals surface area (Å²) in [7, 11) is -1.08. The fourth-order valence-electron chi connectivity index (χ4n) is 3.06. The first-order valence-electron chi connectivity index (χ1n) is 9.57. The smallest absolute Gasteiger partial charge is 0.341 e. The third kappa shape index (κ3) is 5.06. The first kappa shape index (κ1) is 23.6. The molecule has 0 amide bonds. The highest BCUT2D eigenvalue weighted by Crippen LogP contribution is 2.28. The summed E-state index contributed by atoms with van der Waals surface area (Å²) in [5, 5.41) is 0. The number of benzene rings is 2. The Labute approximate surface area is 184 Å². The second-order valence-corrected chi connectivity index (χ2v) is 8.67. The Morgan fingerprint density at radius 2 is 1.72 bits per heavy atom. The van der Waals surface area contributed by atoms with Crippen molar-refractivity contribution in [3.05, 3.63) is 53.3 Å². The number of rotatable bonds is 8. The highest BCUT2D eigenvalue weighted by Gasteiger charge is 2.28. The largest absolute Gasteiger partial charge is 0.493 e. The normalized spacial score (nSPS) is 14.6. The van der Waals surface area contributed by atoms with E-state index in [4.69, 9.17) is 18.9 Å². The highest BCUT2D eigenvalue weighted by atomic mass is 32.2. The van der Waals surface area contributed by atoms with Gasteiger partial charge in [0.05, 0.1) is 37.9 Å². The lowest BCUT2D eigenvalue weighted by molar-refractivity contribution is 0.0469. The van der Waals surface area contributed by atoms with Gasteiger partial charge in [-0.3, -0.25) is 4.79 Å². The molecule has 0 bridgehead atoms. The van der Waals surface area contributed by atoms with E-state index >= 15 is 0 Å². The van der Waals surface area contributed by atoms with Crippen LogP contribution in [-0.4, -0.2) is 71.6 Å². The Balaban J connectivity index is 1.74. The average Bonchev–Trinajstić information content (AvgIpc) is 2.82. The molecule has 0 spiro atoms. The SMILES string of the molecule is COc1ccc(C(=O)COC(=O)c2cc(S(=O)(=O)N3CCOCC3)ccc2F)cc1OC. The predicted molar refractivity (Wildman–Crippen MR) is 110 cm³/mol. The zero-order valence-electron chi connectivity index (χ0n) is 17.5. The van der Waals surface area contributed by atoms with E-state index in [9.17, 15) is 22.4 Å². The van der Waals surface area contributed by atoms with Crippen LogP contribution in [-0.2, 0) is 19.5 Å². The molecule has 1 aliphatic rings. The van der Waals surface area contributed by atoms with Crippen LogP contribution in [0.5, 0.6) is 11.5 Å². The van der Waals surface area contributed by atoms with Gasteiger partial charge in [-0.1, -0.05) is 0 Å². The molecule has 2 aromatic carbocycles. The van der Waals surface area contributed by atoms with Gasteiger partial charge in [0.15, 0.2) is 23.9 Å². The molecule has 0 radical (unpaired) electrons. The van der Waals surface area contributed by atoms with Crippen LogP contribution in [0.25, 0.3) is 0 Å². The van der Waals surface area contributed by atoms with E-state index < -0.39 is 39.8 Å². The summed E-state index contributed by atoms with van der Waals surface area (Å²) in [4.78, 5) is 24.5. The van der Waals surface area contributed by atoms with E-state index in [0.717, 1.165) is 18.2 Å². The number of carbonyl (C=O) groups excluding carboxylic acids is 2. The Hall–Kier alpha value is -3.02. The number of methoxy groups -OCH3 is 2. The first-order valence-corrected chi connectivity index (χ1v) is 11.0. The van der Waals surface area contributed by atoms with Gasteiger partial charge in [-0.2, -0.15) is 4.31 Å². The van der Waals surface area contributed by atoms with Gasteiger partial charge in [0.25, 0.3) is 0 Å². The number of carbonyl (C=O) groups is 2. The fraction of sp³-hybridized carbons (Fsp3) is 0.333. The third-order valence-electron chi connectivity index (χ3n) is 4.81. The molecule has 11 heteroatoms. The van der Waals surface area contributed by atoms with Gasteiger partial charge in [0.1, 0.15) is 5.82 Å². The van der Waals surface area contributed by atoms with Crippen molar-refractivity contribution >= 4 is 21.8 Å². The number of morpholine rings is 1. The van der Waals surface area contributed by atoms with Crippen molar-refractivity contribution in [3.63, 3.8) is 0 Å². The number of ketones is 1. The van der Waals surface area contributed by atoms with E-state index in [2.05, 4.69) is 0 Å². The van der Waals surface area contributed by atoms with Gasteiger partial charge in [-0.25, -0.2) is 17.6 Å². The second-order valence-electron chi connectivity index (χ2n) is 6.73. The molecule has 0 atom stereocenters. The summed E-state index contributed by atoms with van der Waals surface area (Å²) in [6, 6.07) is 7.27. The van der Waals surface area contributed by atoms with Crippen molar-refractivity contribution in [1.29, 1.82) is 0 Å². The number of hydrogen-bond donors (Lipinski definition) is 0. The molecule has 1 heterocycles. The summed E-state index contributed by atoms with van der Waals surface area (Å²) in [6.45, 7) is 0.119. The number of halogens is 1. The van der Waals surface area contributed by atoms with Crippen LogP contribution < -0.4 is 9.47 Å². The zero-order chi connectivity index (χ0) is 23.3. The van der Waals surface area contributed by atoms with Gasteiger partial charge in [0.2, 0.25) is 10.0 Å². The van der Waals surface area contributed by atoms with Crippen molar-refractivity contribution in [2.75, 3.05) is 47.1 Å². The van der Waals surface area contributed by atoms with Crippen LogP contribution >= 0.6 is 0 Å². The minimum Gasteiger partial charge on any atom is -0.493 e. The predicted octanol–water partition coefficient (Wildman–Crippen LogP) is 1.90. The van der Waals surface area contributed by atoms with Gasteiger partial charge in [-0.15, -0.1) is 0 Å². The van der Waals surface area contributed by atoms with Crippen molar-refractivity contribution in [2.24, 2.45) is 0 Å². The van der Waals surface area contributed by atoms with Crippen molar-refractivity contribution < 1.29 is 41.3 Å². The van der Waals surface area contributed by atoms with Gasteiger partial charge in [0, 0.05) is 18.7 Å². The number of hydrogen-bond acceptors (Lipinski definition) is 8. The van der Waals surface area contributed by atoms with Crippen LogP contribution in [0.3, 0.4) is 0 Å². The number of Topliss-reactive ketones (excluding diaryl/α,β-unsaturated/α-hetero) is 1. The molecule has 2 aromatic rings. The maximum Gasteiger partial charge on any atom is 0.341 e. The fourth-order valence-corrected chi connectivity index (χ4v) is 4.49. The minimum atomic E-state index is -3.94. The highest BCUT2D eigenvalue weighted by molar-refractivity contribution is 7.89. The van der Waals surface area contributed by atoms with E-state index in [0.29, 0.717) is 11.5 Å². The maximum absolute atomic E-state index is 14.2. The number of nitrogens with zero attached hydrogens (tertiary/aromatic N) is 1. The average molecular weight is 467 g/mol. The molecule has 0 saturated carbocycles. The summed E-state index contributed by atoms with van der Waals surface area (Å²) in [5.41, 5.74) is -0.390. The van der Waals surface area contributed by atoms with E-state index in [1.165, 1.54) is 36.7 Å². The molecule has 1 saturated heterocycles. The Kier molecular flexibility index (Phi) is 7.44. The van der Waals surface area contributed by atoms with Crippen LogP contribution in [0.15, 0.2) is 41.3 Å². The lowest BCUT2D eigenvalue weighted by Gasteiger charge is -2.26. The van der Waals surface area contributed by atoms with Crippen LogP contribution in [0.1, 0.15) is 20.7 Å². The standard InChI is InChI=1S/C21H22FNO8S/c1-28-19-6-3-14(11-20(19)29-2)18(24)13-31-21(25)16-12-15(4-5-17(16)22)32(26,27)23-7-9-30-10-8-23/h3-6,11-12H,7-10,13H2,1-2H3. The lowest BCUT2D eigenvalue weighted by atomic mass is 10.1. The number of ether oxygens (including phenoxy) is 4. The van der Waals surface area contributed by atoms with Crippen molar-refractivity contribution in [1.82, 2.24) is 4.31 Å². The molecule has 0 aromatic heterocycles. The molecule has 0 N–H and O–H groups in total. The molecule has 0 unspecified atom stereocenters. The zero-order valence-corrected chi connectivity index (χ0v) is 18.3. The lowest BCUT2D eigenvalue weighted by Crippen LogP contribution is -2.40. The van der Waals surface area contributed by atoms with Gasteiger partial charge in [-0.05, 0) is 36.4 Å². The Morgan fingerprint density at radius 3 is 2.38 bits per heavy atom. The molecular weight excluding hydrogens is 445 g/mol. The van der Waals surface area contributed by atoms with E-state index in [1.54, 1.807) is 0 Å². The van der Waals surface area contributed by atoms with Crippen molar-refractivity contribution in [3.8, 4) is 11.5 Å². The third-order valence-corrected chi connectivity index (χ3v) is 6.70. The topological polar surface area (TPSA) is 108 Å². The van der Waals surface area contributed by atoms with Crippen LogP contribution in [0, 0.1) is 5.82 Å². The quantitative estimate of drug-likeness (QED) is 0.428. The number of esters is 1. The second kappa shape index (κ2) is 10.1. The molecule has 32 heavy (non-hydrogen) atoms. The molecule has 0 aliphatic carbocycles. The summed E-state index contributed by atoms with van der Waals surface area (Å²) >= 11 is 0. The van der Waals surface area contributed by atoms with Gasteiger partial charge >= 0.3 is 5.97 Å². The maximum atomic E-state index is 14.2. The Morgan fingerprint density at radius 1 is 1.03 bits per heavy atom. The van der Waals surface area contributed by atoms with Crippen LogP contribution in [0.4, 0.5) is 4.39 Å². The molecule has 1 fully saturated rings. The molecule has 1 aliphatic heterocycles. The van der Waals surface area contributed by atoms with Gasteiger partial charge < -0.3 is 18.9 Å². The van der Waals surface area contributed by atoms with E-state index in [-0.39, 0.29) is 36.8 Å². The summed E-state index contributed by atoms with van der Waals surface area (Å²) in [5.74, 6) is -1.94. The monoisotopic (exact) mass is 467 g/mol. The molecular formula is C21H22FNO8S. The molecule has 9 nitrogen and oxygen atoms in total. The summed E-state index contributed by atoms with van der Waals surface area (Å²) in [6.07, 6.45) is 0. The molecule has 3 rings (SSSR count). The first-order chi connectivity index (χ1) is 15.3. The molecule has 172 valence electrons.